The van der Waals surface area contributed by atoms with Crippen molar-refractivity contribution in [2.75, 3.05) is 18.4 Å². The molecule has 1 N–H and O–H groups in total. The summed E-state index contributed by atoms with van der Waals surface area (Å²) in [7, 11) is 1.99. The number of anilines is 1. The van der Waals surface area contributed by atoms with Gasteiger partial charge in [0.25, 0.3) is 0 Å². The molecule has 9 nitrogen and oxygen atoms in total. The van der Waals surface area contributed by atoms with Gasteiger partial charge in [-0.15, -0.1) is 0 Å². The van der Waals surface area contributed by atoms with Gasteiger partial charge in [0, 0.05) is 43.0 Å². The Hall–Kier alpha value is -5.05. The highest BCUT2D eigenvalue weighted by Gasteiger charge is 2.50. The fourth-order valence-corrected chi connectivity index (χ4v) is 7.50. The van der Waals surface area contributed by atoms with Crippen molar-refractivity contribution in [1.82, 2.24) is 19.7 Å². The van der Waals surface area contributed by atoms with E-state index in [0.717, 1.165) is 71.3 Å². The molecule has 1 spiro atoms. The third kappa shape index (κ3) is 7.27. The molecule has 50 heavy (non-hydrogen) atoms. The molecule has 260 valence electrons. The van der Waals surface area contributed by atoms with Crippen molar-refractivity contribution >= 4 is 22.7 Å². The van der Waals surface area contributed by atoms with Crippen molar-refractivity contribution < 1.29 is 19.0 Å². The number of hydrogen-bond acceptors (Lipinski definition) is 7. The van der Waals surface area contributed by atoms with Crippen LogP contribution >= 0.6 is 0 Å². The van der Waals surface area contributed by atoms with Crippen molar-refractivity contribution in [2.45, 2.75) is 71.8 Å². The van der Waals surface area contributed by atoms with E-state index in [4.69, 9.17) is 24.3 Å². The molecule has 2 aromatic heterocycles. The first-order valence-corrected chi connectivity index (χ1v) is 17.6. The average Bonchev–Trinajstić information content (AvgIpc) is 3.43. The second-order valence-electron chi connectivity index (χ2n) is 15.0. The molecule has 1 aliphatic carbocycles. The molecular weight excluding hydrogens is 626 g/mol. The van der Waals surface area contributed by atoms with Crippen LogP contribution in [0.3, 0.4) is 0 Å². The predicted molar refractivity (Wildman–Crippen MR) is 196 cm³/mol. The molecule has 1 saturated carbocycles. The van der Waals surface area contributed by atoms with Gasteiger partial charge in [0.2, 0.25) is 11.8 Å². The summed E-state index contributed by atoms with van der Waals surface area (Å²) in [6.07, 6.45) is 2.99. The Balaban J connectivity index is 1.10. The molecule has 2 aliphatic rings. The van der Waals surface area contributed by atoms with Crippen LogP contribution in [0.15, 0.2) is 91.0 Å². The fourth-order valence-electron chi connectivity index (χ4n) is 7.50. The van der Waals surface area contributed by atoms with Gasteiger partial charge in [0.05, 0.1) is 16.8 Å². The van der Waals surface area contributed by atoms with Crippen LogP contribution < -0.4 is 14.8 Å². The number of ether oxygens (including phenoxy) is 3. The Kier molecular flexibility index (Phi) is 9.16. The lowest BCUT2D eigenvalue weighted by molar-refractivity contribution is -0.0580. The maximum atomic E-state index is 12.6. The number of hydrogen-bond donors (Lipinski definition) is 1. The van der Waals surface area contributed by atoms with Gasteiger partial charge in [-0.3, -0.25) is 4.68 Å². The normalized spacial score (nSPS) is 18.5. The van der Waals surface area contributed by atoms with Gasteiger partial charge < -0.3 is 24.4 Å². The van der Waals surface area contributed by atoms with Crippen LogP contribution in [-0.2, 0) is 25.0 Å². The number of likely N-dealkylation sites (tertiary alicyclic amines) is 1. The molecule has 1 aliphatic heterocycles. The average molecular weight is 674 g/mol. The maximum absolute atomic E-state index is 12.6. The van der Waals surface area contributed by atoms with E-state index in [1.165, 1.54) is 0 Å². The summed E-state index contributed by atoms with van der Waals surface area (Å²) in [5.41, 5.74) is 5.54. The first-order chi connectivity index (χ1) is 24.1. The number of nitrogens with one attached hydrogen (secondary N) is 1. The minimum atomic E-state index is -0.477. The largest absolute Gasteiger partial charge is 0.473 e. The zero-order valence-corrected chi connectivity index (χ0v) is 29.7. The number of aromatic nitrogens is 3. The summed E-state index contributed by atoms with van der Waals surface area (Å²) in [5.74, 6) is 1.41. The molecule has 3 heterocycles. The first-order valence-electron chi connectivity index (χ1n) is 17.6. The Morgan fingerprint density at radius 1 is 0.900 bits per heavy atom. The van der Waals surface area contributed by atoms with Gasteiger partial charge >= 0.3 is 6.09 Å². The highest BCUT2D eigenvalue weighted by atomic mass is 16.6. The maximum Gasteiger partial charge on any atom is 0.410 e. The highest BCUT2D eigenvalue weighted by molar-refractivity contribution is 6.00. The summed E-state index contributed by atoms with van der Waals surface area (Å²) in [5, 5.41) is 9.96. The minimum Gasteiger partial charge on any atom is -0.473 e. The van der Waals surface area contributed by atoms with Gasteiger partial charge in [-0.2, -0.15) is 10.1 Å². The lowest BCUT2D eigenvalue weighted by atomic mass is 9.64. The summed E-state index contributed by atoms with van der Waals surface area (Å²) >= 11 is 0. The summed E-state index contributed by atoms with van der Waals surface area (Å²) in [6, 6.07) is 30.7. The molecule has 0 unspecified atom stereocenters. The molecule has 3 aromatic carbocycles. The Morgan fingerprint density at radius 2 is 1.58 bits per heavy atom. The number of para-hydroxylation sites is 1. The van der Waals surface area contributed by atoms with E-state index in [1.807, 2.05) is 110 Å². The van der Waals surface area contributed by atoms with Gasteiger partial charge in [-0.05, 0) is 69.2 Å². The van der Waals surface area contributed by atoms with Crippen molar-refractivity contribution in [3.63, 3.8) is 0 Å². The number of rotatable bonds is 9. The van der Waals surface area contributed by atoms with Crippen LogP contribution in [0.1, 0.15) is 58.1 Å². The van der Waals surface area contributed by atoms with E-state index < -0.39 is 5.60 Å². The van der Waals surface area contributed by atoms with Crippen molar-refractivity contribution in [3.8, 4) is 23.0 Å². The number of fused-ring (bicyclic) bond motifs is 1. The third-order valence-corrected chi connectivity index (χ3v) is 9.88. The summed E-state index contributed by atoms with van der Waals surface area (Å²) in [4.78, 5) is 19.3. The SMILES string of the molecule is C[C@@H]1CC2(CC[C@H]1Nc1cccc3c(-c4ccc(OCc5ccccc5)nc4OCc4ccccc4)nn(C)c13)CN(C(=O)OC(C)(C)C)C2. The number of carbonyl (C=O) groups is 1. The van der Waals surface area contributed by atoms with E-state index >= 15 is 0 Å². The summed E-state index contributed by atoms with van der Waals surface area (Å²) < 4.78 is 20.0. The third-order valence-electron chi connectivity index (χ3n) is 9.88. The smallest absolute Gasteiger partial charge is 0.410 e. The number of amides is 1. The number of benzene rings is 3. The van der Waals surface area contributed by atoms with E-state index in [9.17, 15) is 4.79 Å². The van der Waals surface area contributed by atoms with Crippen LogP contribution in [0.2, 0.25) is 0 Å². The minimum absolute atomic E-state index is 0.181. The highest BCUT2D eigenvalue weighted by Crippen LogP contribution is 2.47. The lowest BCUT2D eigenvalue weighted by Gasteiger charge is -2.55. The molecule has 1 amide bonds. The molecule has 0 bridgehead atoms. The van der Waals surface area contributed by atoms with Crippen molar-refractivity contribution in [1.29, 1.82) is 0 Å². The summed E-state index contributed by atoms with van der Waals surface area (Å²) in [6.45, 7) is 10.4. The Bertz CT molecular complexity index is 1950. The quantitative estimate of drug-likeness (QED) is 0.168. The van der Waals surface area contributed by atoms with E-state index in [1.54, 1.807) is 0 Å². The molecule has 1 saturated heterocycles. The molecular formula is C41H47N5O4. The molecule has 0 radical (unpaired) electrons. The van der Waals surface area contributed by atoms with Crippen LogP contribution in [0.4, 0.5) is 10.5 Å². The van der Waals surface area contributed by atoms with E-state index in [2.05, 4.69) is 30.4 Å². The lowest BCUT2D eigenvalue weighted by Crippen LogP contribution is -2.62. The van der Waals surface area contributed by atoms with E-state index in [-0.39, 0.29) is 11.5 Å². The van der Waals surface area contributed by atoms with Gasteiger partial charge in [0.1, 0.15) is 24.5 Å². The number of pyridine rings is 1. The number of carbonyl (C=O) groups excluding carboxylic acids is 1. The molecule has 5 aromatic rings. The predicted octanol–water partition coefficient (Wildman–Crippen LogP) is 8.63. The number of aryl methyl sites for hydroxylation is 1. The standard InChI is InChI=1S/C41H47N5O4/c1-28-23-41(26-46(27-41)39(47)50-40(2,3)4)22-21-33(28)42-34-18-12-17-31-36(44-45(5)37(31)34)32-19-20-35(48-24-29-13-8-6-9-14-29)43-38(32)49-25-30-15-10-7-11-16-30/h6-20,28,33,42H,21-27H2,1-5H3/t28-,33-/m1/s1. The topological polar surface area (TPSA) is 90.7 Å². The van der Waals surface area contributed by atoms with Gasteiger partial charge in [-0.1, -0.05) is 79.7 Å². The zero-order chi connectivity index (χ0) is 34.9. The number of nitrogens with zero attached hydrogens (tertiary/aromatic N) is 4. The Labute approximate surface area is 294 Å². The first kappa shape index (κ1) is 33.4. The van der Waals surface area contributed by atoms with Crippen LogP contribution in [0.5, 0.6) is 11.8 Å². The fraction of sp³-hybridized carbons (Fsp3) is 0.390. The van der Waals surface area contributed by atoms with Gasteiger partial charge in [0.15, 0.2) is 0 Å². The molecule has 2 fully saturated rings. The monoisotopic (exact) mass is 673 g/mol. The second-order valence-corrected chi connectivity index (χ2v) is 15.0. The zero-order valence-electron chi connectivity index (χ0n) is 29.7. The molecule has 2 atom stereocenters. The molecule has 7 rings (SSSR count). The van der Waals surface area contributed by atoms with E-state index in [0.29, 0.717) is 36.9 Å². The molecule has 9 heteroatoms. The van der Waals surface area contributed by atoms with Crippen LogP contribution in [-0.4, -0.2) is 50.5 Å². The van der Waals surface area contributed by atoms with Crippen molar-refractivity contribution in [2.24, 2.45) is 18.4 Å². The Morgan fingerprint density at radius 3 is 2.24 bits per heavy atom. The van der Waals surface area contributed by atoms with Gasteiger partial charge in [-0.25, -0.2) is 4.79 Å². The van der Waals surface area contributed by atoms with Crippen molar-refractivity contribution in [3.05, 3.63) is 102 Å². The second kappa shape index (κ2) is 13.7. The van der Waals surface area contributed by atoms with Crippen LogP contribution in [0.25, 0.3) is 22.2 Å². The van der Waals surface area contributed by atoms with Crippen LogP contribution in [0, 0.1) is 11.3 Å².